The van der Waals surface area contributed by atoms with Crippen molar-refractivity contribution in [1.29, 1.82) is 0 Å². The zero-order chi connectivity index (χ0) is 12.3. The zero-order valence-electron chi connectivity index (χ0n) is 8.68. The molecule has 1 nitrogen and oxygen atoms in total. The van der Waals surface area contributed by atoms with E-state index in [1.165, 1.54) is 0 Å². The number of alkyl halides is 3. The van der Waals surface area contributed by atoms with Gasteiger partial charge in [0.15, 0.2) is 0 Å². The minimum Gasteiger partial charge on any atom is -0.388 e. The molecule has 0 saturated carbocycles. The third-order valence-electron chi connectivity index (χ3n) is 2.37. The van der Waals surface area contributed by atoms with Gasteiger partial charge in [-0.25, -0.2) is 0 Å². The van der Waals surface area contributed by atoms with E-state index in [-0.39, 0.29) is 6.42 Å². The van der Waals surface area contributed by atoms with Gasteiger partial charge in [0.1, 0.15) is 0 Å². The molecule has 5 heteroatoms. The van der Waals surface area contributed by atoms with Crippen molar-refractivity contribution in [2.24, 2.45) is 0 Å². The summed E-state index contributed by atoms with van der Waals surface area (Å²) in [7, 11) is 0. The SMILES string of the molecule is Cc1c(Cl)cccc1C(O)CCC(F)(F)F. The molecule has 0 aromatic heterocycles. The first-order valence-corrected chi connectivity index (χ1v) is 5.19. The predicted molar refractivity (Wildman–Crippen MR) is 56.4 cm³/mol. The largest absolute Gasteiger partial charge is 0.389 e. The van der Waals surface area contributed by atoms with Crippen LogP contribution in [0.25, 0.3) is 0 Å². The summed E-state index contributed by atoms with van der Waals surface area (Å²) in [5.74, 6) is 0. The second kappa shape index (κ2) is 5.06. The Balaban J connectivity index is 2.73. The molecule has 0 radical (unpaired) electrons. The first-order chi connectivity index (χ1) is 7.31. The van der Waals surface area contributed by atoms with Crippen LogP contribution in [0.3, 0.4) is 0 Å². The molecule has 0 aliphatic carbocycles. The van der Waals surface area contributed by atoms with Crippen molar-refractivity contribution in [3.05, 3.63) is 34.3 Å². The Kier molecular flexibility index (Phi) is 4.21. The Morgan fingerprint density at radius 2 is 2.00 bits per heavy atom. The van der Waals surface area contributed by atoms with Gasteiger partial charge < -0.3 is 5.11 Å². The Morgan fingerprint density at radius 3 is 2.56 bits per heavy atom. The summed E-state index contributed by atoms with van der Waals surface area (Å²) in [6, 6.07) is 4.83. The van der Waals surface area contributed by atoms with Crippen LogP contribution in [0.4, 0.5) is 13.2 Å². The van der Waals surface area contributed by atoms with Crippen molar-refractivity contribution in [2.45, 2.75) is 32.0 Å². The quantitative estimate of drug-likeness (QED) is 0.861. The molecule has 1 aromatic rings. The van der Waals surface area contributed by atoms with Gasteiger partial charge >= 0.3 is 6.18 Å². The molecule has 16 heavy (non-hydrogen) atoms. The monoisotopic (exact) mass is 252 g/mol. The predicted octanol–water partition coefficient (Wildman–Crippen LogP) is 4.02. The molecule has 0 aliphatic heterocycles. The van der Waals surface area contributed by atoms with Crippen molar-refractivity contribution in [3.8, 4) is 0 Å². The Labute approximate surface area is 96.9 Å². The number of hydrogen-bond acceptors (Lipinski definition) is 1. The Bertz CT molecular complexity index is 363. The van der Waals surface area contributed by atoms with Crippen LogP contribution < -0.4 is 0 Å². The Hall–Kier alpha value is -0.740. The summed E-state index contributed by atoms with van der Waals surface area (Å²) in [4.78, 5) is 0. The smallest absolute Gasteiger partial charge is 0.388 e. The number of aliphatic hydroxyl groups excluding tert-OH is 1. The van der Waals surface area contributed by atoms with E-state index in [0.29, 0.717) is 16.1 Å². The number of halogens is 4. The molecule has 1 aromatic carbocycles. The lowest BCUT2D eigenvalue weighted by atomic mass is 10.00. The number of hydrogen-bond donors (Lipinski definition) is 1. The molecule has 0 spiro atoms. The lowest BCUT2D eigenvalue weighted by Gasteiger charge is -2.15. The third kappa shape index (κ3) is 3.68. The average Bonchev–Trinajstić information content (AvgIpc) is 2.17. The molecule has 0 saturated heterocycles. The maximum atomic E-state index is 12.0. The van der Waals surface area contributed by atoms with Crippen LogP contribution in [0, 0.1) is 6.92 Å². The highest BCUT2D eigenvalue weighted by molar-refractivity contribution is 6.31. The second-order valence-electron chi connectivity index (χ2n) is 3.62. The summed E-state index contributed by atoms with van der Waals surface area (Å²) in [6.07, 6.45) is -6.71. The summed E-state index contributed by atoms with van der Waals surface area (Å²) in [6.45, 7) is 1.68. The molecule has 0 bridgehead atoms. The normalized spacial score (nSPS) is 13.9. The summed E-state index contributed by atoms with van der Waals surface area (Å²) in [5, 5.41) is 10.1. The van der Waals surface area contributed by atoms with Gasteiger partial charge in [-0.15, -0.1) is 0 Å². The van der Waals surface area contributed by atoms with Gasteiger partial charge in [-0.2, -0.15) is 13.2 Å². The minimum absolute atomic E-state index is 0.343. The van der Waals surface area contributed by atoms with Crippen LogP contribution >= 0.6 is 11.6 Å². The highest BCUT2D eigenvalue weighted by atomic mass is 35.5. The van der Waals surface area contributed by atoms with E-state index in [9.17, 15) is 18.3 Å². The average molecular weight is 253 g/mol. The van der Waals surface area contributed by atoms with Crippen LogP contribution in [-0.4, -0.2) is 11.3 Å². The van der Waals surface area contributed by atoms with Crippen LogP contribution in [0.1, 0.15) is 30.1 Å². The van der Waals surface area contributed by atoms with E-state index in [2.05, 4.69) is 0 Å². The first-order valence-electron chi connectivity index (χ1n) is 4.81. The lowest BCUT2D eigenvalue weighted by Crippen LogP contribution is -2.10. The van der Waals surface area contributed by atoms with Gasteiger partial charge in [0.05, 0.1) is 6.10 Å². The molecule has 0 fully saturated rings. The van der Waals surface area contributed by atoms with Crippen molar-refractivity contribution in [3.63, 3.8) is 0 Å². The van der Waals surface area contributed by atoms with Crippen LogP contribution in [0.15, 0.2) is 18.2 Å². The highest BCUT2D eigenvalue weighted by Gasteiger charge is 2.28. The number of rotatable bonds is 3. The van der Waals surface area contributed by atoms with Crippen LogP contribution in [-0.2, 0) is 0 Å². The summed E-state index contributed by atoms with van der Waals surface area (Å²) in [5.41, 5.74) is 1.08. The summed E-state index contributed by atoms with van der Waals surface area (Å²) >= 11 is 5.81. The minimum atomic E-state index is -4.24. The molecular weight excluding hydrogens is 241 g/mol. The van der Waals surface area contributed by atoms with Crippen molar-refractivity contribution >= 4 is 11.6 Å². The van der Waals surface area contributed by atoms with Gasteiger partial charge in [-0.05, 0) is 30.5 Å². The van der Waals surface area contributed by atoms with Gasteiger partial charge in [0, 0.05) is 11.4 Å². The van der Waals surface area contributed by atoms with Crippen molar-refractivity contribution in [2.75, 3.05) is 0 Å². The van der Waals surface area contributed by atoms with Gasteiger partial charge in [0.25, 0.3) is 0 Å². The lowest BCUT2D eigenvalue weighted by molar-refractivity contribution is -0.140. The third-order valence-corrected chi connectivity index (χ3v) is 2.78. The molecule has 90 valence electrons. The van der Waals surface area contributed by atoms with E-state index in [1.807, 2.05) is 0 Å². The Morgan fingerprint density at radius 1 is 1.38 bits per heavy atom. The van der Waals surface area contributed by atoms with Crippen molar-refractivity contribution < 1.29 is 18.3 Å². The zero-order valence-corrected chi connectivity index (χ0v) is 9.44. The standard InChI is InChI=1S/C11H12ClF3O/c1-7-8(3-2-4-9(7)12)10(16)5-6-11(13,14)15/h2-4,10,16H,5-6H2,1H3. The molecule has 0 amide bonds. The van der Waals surface area contributed by atoms with E-state index >= 15 is 0 Å². The topological polar surface area (TPSA) is 20.2 Å². The maximum Gasteiger partial charge on any atom is 0.389 e. The molecule has 1 rings (SSSR count). The summed E-state index contributed by atoms with van der Waals surface area (Å²) < 4.78 is 35.9. The molecular formula is C11H12ClF3O. The van der Waals surface area contributed by atoms with E-state index in [1.54, 1.807) is 25.1 Å². The fraction of sp³-hybridized carbons (Fsp3) is 0.455. The van der Waals surface area contributed by atoms with E-state index in [0.717, 1.165) is 0 Å². The number of benzene rings is 1. The highest BCUT2D eigenvalue weighted by Crippen LogP contribution is 2.30. The molecule has 1 atom stereocenters. The van der Waals surface area contributed by atoms with Gasteiger partial charge in [0.2, 0.25) is 0 Å². The second-order valence-corrected chi connectivity index (χ2v) is 4.03. The molecule has 1 unspecified atom stereocenters. The molecule has 0 aliphatic rings. The fourth-order valence-corrected chi connectivity index (χ4v) is 1.62. The van der Waals surface area contributed by atoms with Gasteiger partial charge in [-0.3, -0.25) is 0 Å². The van der Waals surface area contributed by atoms with Crippen LogP contribution in [0.2, 0.25) is 5.02 Å². The molecule has 0 heterocycles. The van der Waals surface area contributed by atoms with E-state index in [4.69, 9.17) is 11.6 Å². The number of aliphatic hydroxyl groups is 1. The fourth-order valence-electron chi connectivity index (χ4n) is 1.44. The molecule has 1 N–H and O–H groups in total. The van der Waals surface area contributed by atoms with Gasteiger partial charge in [-0.1, -0.05) is 23.7 Å². The van der Waals surface area contributed by atoms with Crippen molar-refractivity contribution in [1.82, 2.24) is 0 Å². The van der Waals surface area contributed by atoms with Crippen LogP contribution in [0.5, 0.6) is 0 Å². The van der Waals surface area contributed by atoms with E-state index < -0.39 is 18.7 Å². The maximum absolute atomic E-state index is 12.0. The first kappa shape index (κ1) is 13.3.